The number of thiazole rings is 2. The van der Waals surface area contributed by atoms with E-state index in [0.29, 0.717) is 72.2 Å². The van der Waals surface area contributed by atoms with Gasteiger partial charge in [0.2, 0.25) is 5.13 Å². The highest BCUT2D eigenvalue weighted by Crippen LogP contribution is 2.47. The summed E-state index contributed by atoms with van der Waals surface area (Å²) in [6.45, 7) is 16.7. The average Bonchev–Trinajstić information content (AvgIpc) is 4.01. The normalized spacial score (nSPS) is 12.4. The predicted octanol–water partition coefficient (Wildman–Crippen LogP) is 11.3. The van der Waals surface area contributed by atoms with Crippen molar-refractivity contribution in [1.29, 1.82) is 5.26 Å². The minimum atomic E-state index is -4.73. The van der Waals surface area contributed by atoms with E-state index in [0.717, 1.165) is 39.3 Å². The summed E-state index contributed by atoms with van der Waals surface area (Å²) >= 11 is 2.21. The average molecular weight is 1060 g/mol. The summed E-state index contributed by atoms with van der Waals surface area (Å²) in [6, 6.07) is 15.7. The second-order valence-corrected chi connectivity index (χ2v) is 22.9. The number of benzene rings is 4. The fourth-order valence-electron chi connectivity index (χ4n) is 8.47. The molecule has 71 heavy (non-hydrogen) atoms. The van der Waals surface area contributed by atoms with Crippen molar-refractivity contribution in [2.24, 2.45) is 10.2 Å². The Kier molecular flexibility index (Phi) is 13.5. The van der Waals surface area contributed by atoms with Crippen molar-refractivity contribution in [3.63, 3.8) is 0 Å². The van der Waals surface area contributed by atoms with Crippen molar-refractivity contribution in [2.45, 2.75) is 96.3 Å². The van der Waals surface area contributed by atoms with Crippen LogP contribution in [0.15, 0.2) is 79.5 Å². The number of nitriles is 1. The Labute approximate surface area is 417 Å². The minimum Gasteiger partial charge on any atom is -0.338 e. The third-order valence-corrected chi connectivity index (χ3v) is 16.9. The first-order chi connectivity index (χ1) is 33.4. The van der Waals surface area contributed by atoms with E-state index in [1.807, 2.05) is 39.5 Å². The van der Waals surface area contributed by atoms with Crippen LogP contribution in [0, 0.1) is 52.9 Å². The third-order valence-electron chi connectivity index (χ3n) is 12.1. The summed E-state index contributed by atoms with van der Waals surface area (Å²) in [5.41, 5.74) is 8.16. The Morgan fingerprint density at radius 3 is 1.89 bits per heavy atom. The molecule has 0 fully saturated rings. The molecule has 0 aliphatic heterocycles. The maximum atomic E-state index is 13.0. The zero-order chi connectivity index (χ0) is 51.6. The van der Waals surface area contributed by atoms with Gasteiger partial charge in [0, 0.05) is 5.69 Å². The number of aromatic nitrogens is 5. The smallest absolute Gasteiger partial charge is 0.295 e. The van der Waals surface area contributed by atoms with E-state index in [9.17, 15) is 44.2 Å². The molecule has 0 amide bonds. The molecule has 0 aliphatic rings. The van der Waals surface area contributed by atoms with Crippen LogP contribution in [-0.4, -0.2) is 63.6 Å². The van der Waals surface area contributed by atoms with Crippen LogP contribution in [0.5, 0.6) is 0 Å². The van der Waals surface area contributed by atoms with Crippen molar-refractivity contribution in [3.8, 4) is 11.2 Å². The van der Waals surface area contributed by atoms with E-state index in [1.54, 1.807) is 39.8 Å². The number of hydrogen-bond acceptors (Lipinski definition) is 17. The molecule has 4 aromatic carbocycles. The van der Waals surface area contributed by atoms with Gasteiger partial charge >= 0.3 is 0 Å². The van der Waals surface area contributed by atoms with Gasteiger partial charge in [-0.2, -0.15) is 40.3 Å². The van der Waals surface area contributed by atoms with Crippen LogP contribution >= 0.6 is 22.7 Å². The van der Waals surface area contributed by atoms with Crippen LogP contribution in [-0.2, 0) is 49.6 Å². The summed E-state index contributed by atoms with van der Waals surface area (Å²) in [5, 5.41) is 28.4. The van der Waals surface area contributed by atoms with Gasteiger partial charge in [-0.15, -0.1) is 10.2 Å². The lowest BCUT2D eigenvalue weighted by Gasteiger charge is -2.28. The third kappa shape index (κ3) is 9.54. The van der Waals surface area contributed by atoms with Crippen molar-refractivity contribution in [1.82, 2.24) is 24.7 Å². The molecule has 0 spiro atoms. The van der Waals surface area contributed by atoms with Gasteiger partial charge in [0.25, 0.3) is 30.4 Å². The highest BCUT2D eigenvalue weighted by Gasteiger charge is 2.29. The molecular formula is C47H46N10O9S5. The summed E-state index contributed by atoms with van der Waals surface area (Å²) in [5.74, 6) is 0.367. The molecule has 0 saturated heterocycles. The number of anilines is 5. The van der Waals surface area contributed by atoms with Gasteiger partial charge in [0.15, 0.2) is 16.8 Å². The first kappa shape index (κ1) is 50.8. The van der Waals surface area contributed by atoms with Crippen molar-refractivity contribution in [2.75, 3.05) is 10.2 Å². The van der Waals surface area contributed by atoms with Crippen LogP contribution in [0.3, 0.4) is 0 Å². The number of nitrogens with zero attached hydrogens (tertiary/aromatic N) is 9. The first-order valence-electron chi connectivity index (χ1n) is 21.9. The van der Waals surface area contributed by atoms with Crippen molar-refractivity contribution in [3.05, 3.63) is 110 Å². The van der Waals surface area contributed by atoms with Gasteiger partial charge in [0.1, 0.15) is 28.0 Å². The number of fused-ring (bicyclic) bond motifs is 2. The molecule has 0 radical (unpaired) electrons. The summed E-state index contributed by atoms with van der Waals surface area (Å²) in [7, 11) is -13.8. The summed E-state index contributed by atoms with van der Waals surface area (Å²) in [4.78, 5) is 15.8. The van der Waals surface area contributed by atoms with Gasteiger partial charge in [-0.25, -0.2) is 15.0 Å². The lowest BCUT2D eigenvalue weighted by molar-refractivity contribution is 0.479. The van der Waals surface area contributed by atoms with Gasteiger partial charge in [-0.3, -0.25) is 18.6 Å². The number of nitrogens with one attached hydrogen (secondary N) is 1. The van der Waals surface area contributed by atoms with E-state index in [4.69, 9.17) is 15.1 Å². The molecule has 24 heteroatoms. The molecule has 0 bridgehead atoms. The molecule has 8 aromatic rings. The number of pyridine rings is 1. The van der Waals surface area contributed by atoms with E-state index >= 15 is 0 Å². The molecular weight excluding hydrogens is 1010 g/mol. The Morgan fingerprint density at radius 1 is 0.704 bits per heavy atom. The number of hydrogen-bond donors (Lipinski definition) is 4. The molecule has 0 aliphatic carbocycles. The van der Waals surface area contributed by atoms with E-state index < -0.39 is 30.4 Å². The van der Waals surface area contributed by atoms with E-state index in [2.05, 4.69) is 32.6 Å². The van der Waals surface area contributed by atoms with Crippen molar-refractivity contribution >= 4 is 113 Å². The second kappa shape index (κ2) is 18.9. The second-order valence-electron chi connectivity index (χ2n) is 16.7. The Balaban J connectivity index is 1.41. The van der Waals surface area contributed by atoms with Crippen molar-refractivity contribution < 1.29 is 38.9 Å². The monoisotopic (exact) mass is 1050 g/mol. The zero-order valence-electron chi connectivity index (χ0n) is 39.7. The largest absolute Gasteiger partial charge is 0.338 e. The standard InChI is InChI=1S/C47H46N10O9S5/c1-10-29-18-25(6)43(71(64,65)66)33(12-3)41(29)52-44-40(53-54-45-34(22-48)28(9)55-57(45)47-50-36-16-14-32(70(61,62)63)21-38(36)68-47)24(5)19-39(51-44)56(42-27(8)26(7)23(4)17-30(42)11-2)46-49-35-15-13-31(69(58,59)60)20-37(35)67-46/h13-21H,10-12H2,1-9H3,(H,51,52)(H,58,59,60)(H,61,62,63)(H,64,65,66). The molecule has 4 aromatic heterocycles. The quantitative estimate of drug-likeness (QED) is 0.0581. The topological polar surface area (TPSA) is 283 Å². The highest BCUT2D eigenvalue weighted by molar-refractivity contribution is 7.86. The van der Waals surface area contributed by atoms with Crippen LogP contribution in [0.1, 0.15) is 76.5 Å². The Hall–Kier alpha value is -6.56. The highest BCUT2D eigenvalue weighted by atomic mass is 32.2. The summed E-state index contributed by atoms with van der Waals surface area (Å²) in [6.07, 6.45) is 1.19. The van der Waals surface area contributed by atoms with Crippen LogP contribution in [0.2, 0.25) is 0 Å². The zero-order valence-corrected chi connectivity index (χ0v) is 43.8. The minimum absolute atomic E-state index is 0.0281. The maximum absolute atomic E-state index is 13.0. The Bertz CT molecular complexity index is 3950. The van der Waals surface area contributed by atoms with Crippen LogP contribution < -0.4 is 10.2 Å². The fraction of sp³-hybridized carbons (Fsp3) is 0.255. The fourth-order valence-corrected chi connectivity index (χ4v) is 12.6. The van der Waals surface area contributed by atoms with Crippen LogP contribution in [0.4, 0.5) is 39.6 Å². The van der Waals surface area contributed by atoms with Gasteiger partial charge < -0.3 is 5.32 Å². The first-order valence-corrected chi connectivity index (χ1v) is 27.8. The molecule has 19 nitrogen and oxygen atoms in total. The lowest BCUT2D eigenvalue weighted by atomic mass is 9.95. The number of azo groups is 1. The summed E-state index contributed by atoms with van der Waals surface area (Å²) < 4.78 is 107. The molecule has 8 rings (SSSR count). The lowest BCUT2D eigenvalue weighted by Crippen LogP contribution is -2.17. The molecule has 368 valence electrons. The molecule has 4 heterocycles. The predicted molar refractivity (Wildman–Crippen MR) is 273 cm³/mol. The van der Waals surface area contributed by atoms with Gasteiger partial charge in [-0.1, -0.05) is 55.6 Å². The van der Waals surface area contributed by atoms with Gasteiger partial charge in [-0.05, 0) is 148 Å². The number of rotatable bonds is 14. The molecule has 0 saturated carbocycles. The van der Waals surface area contributed by atoms with Crippen LogP contribution in [0.25, 0.3) is 25.6 Å². The van der Waals surface area contributed by atoms with E-state index in [-0.39, 0.29) is 54.8 Å². The maximum Gasteiger partial charge on any atom is 0.295 e. The molecule has 0 atom stereocenters. The molecule has 0 unspecified atom stereocenters. The SMILES string of the molecule is CCc1cc(C)c(S(=O)(=O)O)c(CC)c1Nc1nc(N(c2nc3ccc(S(=O)(=O)O)cc3s2)c2c(CC)cc(C)c(C)c2C)cc(C)c1N=Nc1c(C#N)c(C)nn1-c1nc2ccc(S(=O)(=O)O)cc2s1. The van der Waals surface area contributed by atoms with Gasteiger partial charge in [0.05, 0.1) is 41.6 Å². The molecule has 4 N–H and O–H groups in total. The Morgan fingerprint density at radius 2 is 1.31 bits per heavy atom. The number of aryl methyl sites for hydroxylation is 6. The van der Waals surface area contributed by atoms with E-state index in [1.165, 1.54) is 52.4 Å².